The number of aromatic carboxylic acids is 1. The summed E-state index contributed by atoms with van der Waals surface area (Å²) in [4.78, 5) is 25.4. The van der Waals surface area contributed by atoms with Crippen molar-refractivity contribution in [3.05, 3.63) is 23.5 Å². The average Bonchev–Trinajstić information content (AvgIpc) is 2.64. The lowest BCUT2D eigenvalue weighted by Gasteiger charge is -2.04. The SMILES string of the molecule is CCCCCCCCCC.COc1cc(C(=O)N=S(=O)=O)cnc1C(=O)O. The Hall–Kier alpha value is -2.29. The molecule has 1 aromatic rings. The van der Waals surface area contributed by atoms with Gasteiger partial charge < -0.3 is 9.84 Å². The van der Waals surface area contributed by atoms with Gasteiger partial charge in [-0.3, -0.25) is 4.79 Å². The monoisotopic (exact) mass is 400 g/mol. The van der Waals surface area contributed by atoms with E-state index in [4.69, 9.17) is 9.84 Å². The van der Waals surface area contributed by atoms with E-state index in [0.717, 1.165) is 12.3 Å². The minimum absolute atomic E-state index is 0.157. The number of methoxy groups -OCH3 is 1. The van der Waals surface area contributed by atoms with E-state index in [9.17, 15) is 18.0 Å². The number of amides is 1. The predicted octanol–water partition coefficient (Wildman–Crippen LogP) is 4.14. The molecule has 1 aromatic heterocycles. The molecule has 1 amide bonds. The molecule has 0 aliphatic carbocycles. The second-order valence-corrected chi connectivity index (χ2v) is 6.43. The Morgan fingerprint density at radius 3 is 2.00 bits per heavy atom. The van der Waals surface area contributed by atoms with Crippen LogP contribution in [0.2, 0.25) is 0 Å². The summed E-state index contributed by atoms with van der Waals surface area (Å²) in [5.74, 6) is -2.54. The van der Waals surface area contributed by atoms with Crippen LogP contribution in [0.4, 0.5) is 0 Å². The average molecular weight is 400 g/mol. The highest BCUT2D eigenvalue weighted by atomic mass is 32.2. The molecule has 0 aliphatic rings. The topological polar surface area (TPSA) is 123 Å². The first kappa shape index (κ1) is 24.7. The molecular weight excluding hydrogens is 372 g/mol. The van der Waals surface area contributed by atoms with Crippen LogP contribution in [0.3, 0.4) is 0 Å². The molecule has 8 nitrogen and oxygen atoms in total. The van der Waals surface area contributed by atoms with Gasteiger partial charge in [0.05, 0.1) is 12.7 Å². The van der Waals surface area contributed by atoms with E-state index in [0.29, 0.717) is 0 Å². The Balaban J connectivity index is 0.000000580. The molecule has 0 radical (unpaired) electrons. The summed E-state index contributed by atoms with van der Waals surface area (Å²) in [5, 5.41) is 8.72. The number of pyridine rings is 1. The van der Waals surface area contributed by atoms with E-state index in [2.05, 4.69) is 23.2 Å². The molecule has 1 N–H and O–H groups in total. The molecule has 27 heavy (non-hydrogen) atoms. The maximum atomic E-state index is 11.2. The van der Waals surface area contributed by atoms with Crippen LogP contribution in [0.1, 0.15) is 86.1 Å². The quantitative estimate of drug-likeness (QED) is 0.585. The van der Waals surface area contributed by atoms with E-state index in [1.807, 2.05) is 0 Å². The van der Waals surface area contributed by atoms with Gasteiger partial charge in [0.15, 0.2) is 11.4 Å². The number of ether oxygens (including phenoxy) is 1. The van der Waals surface area contributed by atoms with Crippen LogP contribution < -0.4 is 4.74 Å². The minimum atomic E-state index is -2.88. The number of carboxylic acid groups (broad SMARTS) is 1. The molecule has 0 unspecified atom stereocenters. The lowest BCUT2D eigenvalue weighted by Crippen LogP contribution is -2.06. The second-order valence-electron chi connectivity index (χ2n) is 5.81. The van der Waals surface area contributed by atoms with Crippen LogP contribution in [0.25, 0.3) is 0 Å². The van der Waals surface area contributed by atoms with Gasteiger partial charge in [-0.05, 0) is 6.07 Å². The fourth-order valence-electron chi connectivity index (χ4n) is 2.21. The highest BCUT2D eigenvalue weighted by Crippen LogP contribution is 2.18. The van der Waals surface area contributed by atoms with Crippen molar-refractivity contribution in [1.82, 2.24) is 4.98 Å². The highest BCUT2D eigenvalue weighted by molar-refractivity contribution is 7.62. The molecule has 9 heteroatoms. The van der Waals surface area contributed by atoms with Crippen molar-refractivity contribution in [2.24, 2.45) is 4.36 Å². The van der Waals surface area contributed by atoms with Gasteiger partial charge in [-0.15, -0.1) is 0 Å². The third kappa shape index (κ3) is 11.1. The molecule has 0 bridgehead atoms. The van der Waals surface area contributed by atoms with Gasteiger partial charge in [0.1, 0.15) is 0 Å². The molecule has 0 aliphatic heterocycles. The van der Waals surface area contributed by atoms with Crippen molar-refractivity contribution in [2.75, 3.05) is 7.11 Å². The van der Waals surface area contributed by atoms with Gasteiger partial charge in [0.25, 0.3) is 5.91 Å². The Morgan fingerprint density at radius 2 is 1.59 bits per heavy atom. The number of hydrogen-bond acceptors (Lipinski definition) is 6. The van der Waals surface area contributed by atoms with Crippen molar-refractivity contribution >= 4 is 22.4 Å². The van der Waals surface area contributed by atoms with E-state index in [1.165, 1.54) is 58.5 Å². The second kappa shape index (κ2) is 14.8. The minimum Gasteiger partial charge on any atom is -0.494 e. The molecule has 152 valence electrons. The highest BCUT2D eigenvalue weighted by Gasteiger charge is 2.16. The molecule has 0 aromatic carbocycles. The number of nitrogens with zero attached hydrogens (tertiary/aromatic N) is 2. The maximum absolute atomic E-state index is 11.2. The standard InChI is InChI=1S/C10H22.C8H6N2O6S/c1-3-5-7-9-10-8-6-4-2;1-16-5-2-4(7(11)10-17(14)15)3-9-6(5)8(12)13/h3-10H2,1-2H3;2-3H,1H3,(H,12,13). The number of carbonyl (C=O) groups excluding carboxylic acids is 1. The molecule has 0 spiro atoms. The maximum Gasteiger partial charge on any atom is 0.358 e. The summed E-state index contributed by atoms with van der Waals surface area (Å²) in [5.41, 5.74) is -0.566. The number of carbonyl (C=O) groups is 2. The van der Waals surface area contributed by atoms with Gasteiger partial charge >= 0.3 is 16.5 Å². The van der Waals surface area contributed by atoms with E-state index >= 15 is 0 Å². The van der Waals surface area contributed by atoms with Crippen LogP contribution >= 0.6 is 0 Å². The van der Waals surface area contributed by atoms with Gasteiger partial charge in [0, 0.05) is 6.20 Å². The largest absolute Gasteiger partial charge is 0.494 e. The summed E-state index contributed by atoms with van der Waals surface area (Å²) < 4.78 is 27.8. The normalized spacial score (nSPS) is 9.74. The molecule has 0 saturated heterocycles. The summed E-state index contributed by atoms with van der Waals surface area (Å²) in [6, 6.07) is 1.05. The summed E-state index contributed by atoms with van der Waals surface area (Å²) in [6.45, 7) is 4.54. The predicted molar refractivity (Wildman–Crippen MR) is 102 cm³/mol. The first-order valence-electron chi connectivity index (χ1n) is 9.00. The smallest absolute Gasteiger partial charge is 0.358 e. The van der Waals surface area contributed by atoms with Crippen LogP contribution in [0, 0.1) is 0 Å². The summed E-state index contributed by atoms with van der Waals surface area (Å²) >= 11 is 0. The van der Waals surface area contributed by atoms with Crippen molar-refractivity contribution in [2.45, 2.75) is 65.2 Å². The summed E-state index contributed by atoms with van der Waals surface area (Å²) in [6.07, 6.45) is 12.4. The zero-order chi connectivity index (χ0) is 20.7. The molecule has 1 rings (SSSR count). The number of aromatic nitrogens is 1. The molecule has 0 atom stereocenters. The lowest BCUT2D eigenvalue weighted by atomic mass is 10.1. The van der Waals surface area contributed by atoms with Crippen LogP contribution in [0.5, 0.6) is 5.75 Å². The zero-order valence-corrected chi connectivity index (χ0v) is 16.9. The van der Waals surface area contributed by atoms with E-state index in [-0.39, 0.29) is 17.0 Å². The molecular formula is C18H28N2O6S. The van der Waals surface area contributed by atoms with Crippen LogP contribution in [0.15, 0.2) is 16.6 Å². The first-order chi connectivity index (χ1) is 12.9. The van der Waals surface area contributed by atoms with Gasteiger partial charge in [-0.2, -0.15) is 8.42 Å². The molecule has 0 saturated carbocycles. The van der Waals surface area contributed by atoms with E-state index in [1.54, 1.807) is 0 Å². The lowest BCUT2D eigenvalue weighted by molar-refractivity contribution is 0.0685. The van der Waals surface area contributed by atoms with Crippen molar-refractivity contribution < 1.29 is 27.9 Å². The first-order valence-corrected chi connectivity index (χ1v) is 10.0. The third-order valence-corrected chi connectivity index (χ3v) is 3.95. The number of rotatable bonds is 10. The fraction of sp³-hybridized carbons (Fsp3) is 0.611. The number of carboxylic acids is 1. The Kier molecular flexibility index (Phi) is 13.6. The van der Waals surface area contributed by atoms with Gasteiger partial charge in [-0.25, -0.2) is 9.78 Å². The Labute approximate surface area is 161 Å². The van der Waals surface area contributed by atoms with Crippen molar-refractivity contribution in [3.8, 4) is 5.75 Å². The molecule has 0 fully saturated rings. The van der Waals surface area contributed by atoms with Crippen LogP contribution in [-0.4, -0.2) is 37.5 Å². The van der Waals surface area contributed by atoms with Crippen LogP contribution in [-0.2, 0) is 10.5 Å². The Bertz CT molecular complexity index is 715. The fourth-order valence-corrected chi connectivity index (χ4v) is 2.45. The number of hydrogen-bond donors (Lipinski definition) is 1. The van der Waals surface area contributed by atoms with Gasteiger partial charge in [0.2, 0.25) is 0 Å². The number of unbranched alkanes of at least 4 members (excludes halogenated alkanes) is 7. The van der Waals surface area contributed by atoms with E-state index < -0.39 is 22.4 Å². The van der Waals surface area contributed by atoms with Crippen molar-refractivity contribution in [3.63, 3.8) is 0 Å². The van der Waals surface area contributed by atoms with Gasteiger partial charge in [-0.1, -0.05) is 69.6 Å². The molecule has 1 heterocycles. The Morgan fingerprint density at radius 1 is 1.07 bits per heavy atom. The zero-order valence-electron chi connectivity index (χ0n) is 16.1. The van der Waals surface area contributed by atoms with Crippen molar-refractivity contribution in [1.29, 1.82) is 0 Å². The summed E-state index contributed by atoms with van der Waals surface area (Å²) in [7, 11) is -1.68. The third-order valence-electron chi connectivity index (χ3n) is 3.64.